The van der Waals surface area contributed by atoms with E-state index in [9.17, 15) is 13.2 Å². The SMILES string of the molecule is COC/C=C/c1cc(CNC2=CC2)cc(C(F)(F)F)c1. The highest BCUT2D eigenvalue weighted by atomic mass is 19.4. The lowest BCUT2D eigenvalue weighted by Gasteiger charge is -2.11. The molecule has 1 aliphatic rings. The maximum absolute atomic E-state index is 12.9. The minimum Gasteiger partial charge on any atom is -0.384 e. The summed E-state index contributed by atoms with van der Waals surface area (Å²) in [5.74, 6) is 0. The minimum absolute atomic E-state index is 0.372. The topological polar surface area (TPSA) is 21.3 Å². The van der Waals surface area contributed by atoms with Crippen LogP contribution in [0.15, 0.2) is 36.0 Å². The molecular weight excluding hydrogens is 267 g/mol. The second-order valence-electron chi connectivity index (χ2n) is 4.61. The molecule has 2 nitrogen and oxygen atoms in total. The summed E-state index contributed by atoms with van der Waals surface area (Å²) in [6.07, 6.45) is 1.89. The van der Waals surface area contributed by atoms with Gasteiger partial charge in [0.25, 0.3) is 0 Å². The molecule has 5 heteroatoms. The Morgan fingerprint density at radius 2 is 2.05 bits per heavy atom. The number of rotatable bonds is 6. The Morgan fingerprint density at radius 1 is 1.30 bits per heavy atom. The summed E-state index contributed by atoms with van der Waals surface area (Å²) in [6.45, 7) is 0.775. The zero-order chi connectivity index (χ0) is 14.6. The molecule has 1 aliphatic carbocycles. The van der Waals surface area contributed by atoms with Gasteiger partial charge in [-0.25, -0.2) is 0 Å². The molecule has 0 saturated carbocycles. The van der Waals surface area contributed by atoms with E-state index >= 15 is 0 Å². The Labute approximate surface area is 115 Å². The number of halogens is 3. The van der Waals surface area contributed by atoms with Gasteiger partial charge in [0.05, 0.1) is 12.2 Å². The highest BCUT2D eigenvalue weighted by molar-refractivity contribution is 5.52. The third kappa shape index (κ3) is 4.42. The smallest absolute Gasteiger partial charge is 0.384 e. The predicted octanol–water partition coefficient (Wildman–Crippen LogP) is 3.74. The quantitative estimate of drug-likeness (QED) is 0.858. The highest BCUT2D eigenvalue weighted by Crippen LogP contribution is 2.31. The summed E-state index contributed by atoms with van der Waals surface area (Å²) >= 11 is 0. The fourth-order valence-corrected chi connectivity index (χ4v) is 1.77. The van der Waals surface area contributed by atoms with Gasteiger partial charge in [0.2, 0.25) is 0 Å². The molecule has 2 rings (SSSR count). The van der Waals surface area contributed by atoms with E-state index in [1.807, 2.05) is 6.08 Å². The van der Waals surface area contributed by atoms with Crippen LogP contribution in [0.4, 0.5) is 13.2 Å². The Bertz CT molecular complexity index is 532. The summed E-state index contributed by atoms with van der Waals surface area (Å²) in [6, 6.07) is 4.08. The lowest BCUT2D eigenvalue weighted by Crippen LogP contribution is -2.10. The van der Waals surface area contributed by atoms with Gasteiger partial charge in [-0.1, -0.05) is 18.2 Å². The summed E-state index contributed by atoms with van der Waals surface area (Å²) in [7, 11) is 1.54. The Kier molecular flexibility index (Phi) is 4.49. The van der Waals surface area contributed by atoms with Crippen LogP contribution in [0, 0.1) is 0 Å². The van der Waals surface area contributed by atoms with Gasteiger partial charge in [-0.15, -0.1) is 0 Å². The first-order chi connectivity index (χ1) is 9.49. The number of ether oxygens (including phenoxy) is 1. The van der Waals surface area contributed by atoms with Crippen LogP contribution in [0.2, 0.25) is 0 Å². The van der Waals surface area contributed by atoms with Crippen LogP contribution in [0.1, 0.15) is 23.1 Å². The van der Waals surface area contributed by atoms with E-state index in [0.717, 1.165) is 18.2 Å². The molecule has 0 amide bonds. The third-order valence-corrected chi connectivity index (χ3v) is 2.84. The molecule has 20 heavy (non-hydrogen) atoms. The lowest BCUT2D eigenvalue weighted by molar-refractivity contribution is -0.137. The number of methoxy groups -OCH3 is 1. The largest absolute Gasteiger partial charge is 0.416 e. The van der Waals surface area contributed by atoms with Gasteiger partial charge < -0.3 is 10.1 Å². The first kappa shape index (κ1) is 14.7. The molecule has 0 atom stereocenters. The van der Waals surface area contributed by atoms with Crippen LogP contribution in [0.25, 0.3) is 6.08 Å². The second-order valence-corrected chi connectivity index (χ2v) is 4.61. The molecule has 0 heterocycles. The number of nitrogens with one attached hydrogen (secondary N) is 1. The normalized spacial score (nSPS) is 14.5. The summed E-state index contributed by atoms with van der Waals surface area (Å²) in [4.78, 5) is 0. The molecular formula is C15H16F3NO. The summed E-state index contributed by atoms with van der Waals surface area (Å²) in [5.41, 5.74) is 1.60. The van der Waals surface area contributed by atoms with Crippen LogP contribution < -0.4 is 5.32 Å². The van der Waals surface area contributed by atoms with Crippen molar-refractivity contribution in [2.75, 3.05) is 13.7 Å². The van der Waals surface area contributed by atoms with E-state index in [1.165, 1.54) is 13.2 Å². The van der Waals surface area contributed by atoms with Gasteiger partial charge in [-0.2, -0.15) is 13.2 Å². The first-order valence-corrected chi connectivity index (χ1v) is 6.28. The van der Waals surface area contributed by atoms with Gasteiger partial charge in [0, 0.05) is 25.8 Å². The number of hydrogen-bond acceptors (Lipinski definition) is 2. The molecule has 0 saturated heterocycles. The standard InChI is InChI=1S/C15H16F3NO/c1-20-6-2-3-11-7-12(10-19-14-4-5-14)9-13(8-11)15(16,17)18/h2-4,7-9,19H,5-6,10H2,1H3/b3-2+. The van der Waals surface area contributed by atoms with Crippen LogP contribution in [0.5, 0.6) is 0 Å². The van der Waals surface area contributed by atoms with E-state index in [0.29, 0.717) is 24.3 Å². The number of alkyl halides is 3. The minimum atomic E-state index is -4.33. The van der Waals surface area contributed by atoms with Crippen molar-refractivity contribution in [1.82, 2.24) is 5.32 Å². The molecule has 1 aromatic rings. The van der Waals surface area contributed by atoms with Crippen molar-refractivity contribution in [3.8, 4) is 0 Å². The van der Waals surface area contributed by atoms with Crippen molar-refractivity contribution >= 4 is 6.08 Å². The number of allylic oxidation sites excluding steroid dienone is 2. The zero-order valence-electron chi connectivity index (χ0n) is 11.1. The van der Waals surface area contributed by atoms with Crippen molar-refractivity contribution in [2.45, 2.75) is 19.1 Å². The Morgan fingerprint density at radius 3 is 2.65 bits per heavy atom. The van der Waals surface area contributed by atoms with Gasteiger partial charge >= 0.3 is 6.18 Å². The van der Waals surface area contributed by atoms with E-state index in [4.69, 9.17) is 4.74 Å². The average Bonchev–Trinajstić information content (AvgIpc) is 3.19. The highest BCUT2D eigenvalue weighted by Gasteiger charge is 2.31. The fourth-order valence-electron chi connectivity index (χ4n) is 1.77. The lowest BCUT2D eigenvalue weighted by atomic mass is 10.0. The molecule has 108 valence electrons. The monoisotopic (exact) mass is 283 g/mol. The maximum Gasteiger partial charge on any atom is 0.416 e. The summed E-state index contributed by atoms with van der Waals surface area (Å²) < 4.78 is 43.5. The second kappa shape index (κ2) is 6.13. The number of benzene rings is 1. The van der Waals surface area contributed by atoms with Crippen molar-refractivity contribution < 1.29 is 17.9 Å². The van der Waals surface area contributed by atoms with Crippen molar-refractivity contribution in [1.29, 1.82) is 0 Å². The van der Waals surface area contributed by atoms with Gasteiger partial charge in [0.1, 0.15) is 0 Å². The van der Waals surface area contributed by atoms with E-state index in [1.54, 1.807) is 18.2 Å². The molecule has 0 spiro atoms. The molecule has 1 N–H and O–H groups in total. The summed E-state index contributed by atoms with van der Waals surface area (Å²) in [5, 5.41) is 3.09. The Balaban J connectivity index is 2.20. The van der Waals surface area contributed by atoms with E-state index in [-0.39, 0.29) is 0 Å². The molecule has 0 aromatic heterocycles. The molecule has 1 aromatic carbocycles. The predicted molar refractivity (Wildman–Crippen MR) is 71.9 cm³/mol. The van der Waals surface area contributed by atoms with Crippen LogP contribution in [0.3, 0.4) is 0 Å². The van der Waals surface area contributed by atoms with E-state index < -0.39 is 11.7 Å². The van der Waals surface area contributed by atoms with Crippen LogP contribution >= 0.6 is 0 Å². The van der Waals surface area contributed by atoms with Crippen LogP contribution in [-0.4, -0.2) is 13.7 Å². The Hall–Kier alpha value is -1.75. The number of hydrogen-bond donors (Lipinski definition) is 1. The molecule has 0 fully saturated rings. The first-order valence-electron chi connectivity index (χ1n) is 6.28. The molecule has 0 bridgehead atoms. The maximum atomic E-state index is 12.9. The van der Waals surface area contributed by atoms with Crippen molar-refractivity contribution in [3.63, 3.8) is 0 Å². The van der Waals surface area contributed by atoms with E-state index in [2.05, 4.69) is 5.32 Å². The molecule has 0 radical (unpaired) electrons. The molecule has 0 aliphatic heterocycles. The molecule has 0 unspecified atom stereocenters. The zero-order valence-corrected chi connectivity index (χ0v) is 11.1. The third-order valence-electron chi connectivity index (χ3n) is 2.84. The van der Waals surface area contributed by atoms with Crippen molar-refractivity contribution in [3.05, 3.63) is 52.7 Å². The van der Waals surface area contributed by atoms with Crippen LogP contribution in [-0.2, 0) is 17.5 Å². The average molecular weight is 283 g/mol. The van der Waals surface area contributed by atoms with Crippen molar-refractivity contribution in [2.24, 2.45) is 0 Å². The van der Waals surface area contributed by atoms with Gasteiger partial charge in [-0.05, 0) is 29.3 Å². The fraction of sp³-hybridized carbons (Fsp3) is 0.333. The van der Waals surface area contributed by atoms with Gasteiger partial charge in [-0.3, -0.25) is 0 Å². The van der Waals surface area contributed by atoms with Gasteiger partial charge in [0.15, 0.2) is 0 Å².